The number of likely N-dealkylation sites (tertiary alicyclic amines) is 1. The van der Waals surface area contributed by atoms with Crippen LogP contribution in [-0.4, -0.2) is 52.5 Å². The second-order valence-electron chi connectivity index (χ2n) is 10.4. The molecule has 1 aromatic heterocycles. The van der Waals surface area contributed by atoms with Crippen molar-refractivity contribution in [1.82, 2.24) is 14.9 Å². The van der Waals surface area contributed by atoms with E-state index in [0.717, 1.165) is 5.75 Å². The van der Waals surface area contributed by atoms with Gasteiger partial charge in [0.05, 0.1) is 31.0 Å². The Morgan fingerprint density at radius 3 is 1.88 bits per heavy atom. The van der Waals surface area contributed by atoms with Gasteiger partial charge in [0.2, 0.25) is 5.95 Å². The predicted octanol–water partition coefficient (Wildman–Crippen LogP) is 5.43. The zero-order chi connectivity index (χ0) is 24.1. The van der Waals surface area contributed by atoms with Crippen LogP contribution in [0.4, 0.5) is 14.7 Å². The molecule has 2 aliphatic heterocycles. The van der Waals surface area contributed by atoms with Gasteiger partial charge in [-0.3, -0.25) is 4.90 Å². The topological polar surface area (TPSA) is 41.5 Å². The summed E-state index contributed by atoms with van der Waals surface area (Å²) in [6, 6.07) is 16.7. The third-order valence-corrected chi connectivity index (χ3v) is 7.15. The minimum absolute atomic E-state index is 0.116. The molecule has 178 valence electrons. The Morgan fingerprint density at radius 2 is 1.35 bits per heavy atom. The van der Waals surface area contributed by atoms with E-state index in [1.807, 2.05) is 28.9 Å². The Bertz CT molecular complexity index is 1150. The second-order valence-corrected chi connectivity index (χ2v) is 10.4. The molecule has 7 heteroatoms. The first-order valence-electron chi connectivity index (χ1n) is 11.6. The molecule has 0 atom stereocenters. The summed E-state index contributed by atoms with van der Waals surface area (Å²) in [4.78, 5) is 12.7. The minimum Gasteiger partial charge on any atom is -0.454 e. The number of halogens is 2. The molecule has 0 spiro atoms. The lowest BCUT2D eigenvalue weighted by Crippen LogP contribution is -2.76. The van der Waals surface area contributed by atoms with E-state index in [4.69, 9.17) is 4.74 Å². The van der Waals surface area contributed by atoms with Crippen LogP contribution >= 0.6 is 0 Å². The predicted molar refractivity (Wildman–Crippen MR) is 129 cm³/mol. The number of hydrogen-bond donors (Lipinski definition) is 0. The fourth-order valence-electron chi connectivity index (χ4n) is 4.75. The minimum atomic E-state index is -2.55. The molecule has 0 N–H and O–H groups in total. The molecule has 5 rings (SSSR count). The van der Waals surface area contributed by atoms with E-state index in [1.165, 1.54) is 16.7 Å². The van der Waals surface area contributed by atoms with Gasteiger partial charge in [0.1, 0.15) is 5.75 Å². The Balaban J connectivity index is 1.19. The molecule has 2 aromatic carbocycles. The monoisotopic (exact) mass is 464 g/mol. The number of rotatable bonds is 6. The number of alkyl halides is 2. The summed E-state index contributed by atoms with van der Waals surface area (Å²) >= 11 is 0. The molecule has 0 saturated carbocycles. The van der Waals surface area contributed by atoms with Gasteiger partial charge in [-0.1, -0.05) is 55.8 Å². The van der Waals surface area contributed by atoms with Crippen molar-refractivity contribution in [2.45, 2.75) is 44.6 Å². The number of anilines is 1. The standard InChI is InChI=1S/C27H30F2N4O/c1-19-5-7-20(8-6-19)25(2,3)21-9-11-22(12-10-21)34-23-13-30-24(31-14-23)32-15-26(4,16-32)33-17-27(28,29)18-33/h5-14H,15-18H2,1-4H3. The summed E-state index contributed by atoms with van der Waals surface area (Å²) in [7, 11) is 0. The SMILES string of the molecule is Cc1ccc(C(C)(C)c2ccc(Oc3cnc(N4CC(C)(N5CC(F)(F)C5)C4)nc3)cc2)cc1. The number of ether oxygens (including phenoxy) is 1. The Labute approximate surface area is 199 Å². The number of benzene rings is 2. The average Bonchev–Trinajstić information content (AvgIpc) is 2.77. The van der Waals surface area contributed by atoms with E-state index in [1.54, 1.807) is 12.4 Å². The summed E-state index contributed by atoms with van der Waals surface area (Å²) in [5.41, 5.74) is 3.36. The molecular formula is C27H30F2N4O. The fraction of sp³-hybridized carbons (Fsp3) is 0.407. The molecule has 2 aliphatic rings. The maximum absolute atomic E-state index is 13.2. The normalized spacial score (nSPS) is 19.3. The summed E-state index contributed by atoms with van der Waals surface area (Å²) < 4.78 is 32.3. The van der Waals surface area contributed by atoms with E-state index < -0.39 is 5.92 Å². The van der Waals surface area contributed by atoms with E-state index >= 15 is 0 Å². The lowest BCUT2D eigenvalue weighted by molar-refractivity contribution is -0.171. The van der Waals surface area contributed by atoms with Crippen LogP contribution in [0.1, 0.15) is 37.5 Å². The molecule has 3 heterocycles. The van der Waals surface area contributed by atoms with Gasteiger partial charge in [0, 0.05) is 18.5 Å². The maximum Gasteiger partial charge on any atom is 0.272 e. The Hall–Kier alpha value is -3.06. The summed E-state index contributed by atoms with van der Waals surface area (Å²) in [6.07, 6.45) is 3.31. The van der Waals surface area contributed by atoms with Gasteiger partial charge < -0.3 is 9.64 Å². The zero-order valence-electron chi connectivity index (χ0n) is 20.1. The molecular weight excluding hydrogens is 434 g/mol. The quantitative estimate of drug-likeness (QED) is 0.486. The highest BCUT2D eigenvalue weighted by Crippen LogP contribution is 2.39. The number of hydrogen-bond acceptors (Lipinski definition) is 5. The summed E-state index contributed by atoms with van der Waals surface area (Å²) in [6.45, 7) is 9.50. The highest BCUT2D eigenvalue weighted by molar-refractivity contribution is 5.43. The van der Waals surface area contributed by atoms with Crippen LogP contribution < -0.4 is 9.64 Å². The first-order chi connectivity index (χ1) is 16.0. The number of aryl methyl sites for hydroxylation is 1. The van der Waals surface area contributed by atoms with Crippen LogP contribution in [0.15, 0.2) is 60.9 Å². The third-order valence-electron chi connectivity index (χ3n) is 7.15. The van der Waals surface area contributed by atoms with Crippen molar-refractivity contribution in [1.29, 1.82) is 0 Å². The molecule has 0 amide bonds. The second kappa shape index (κ2) is 8.01. The molecule has 5 nitrogen and oxygen atoms in total. The van der Waals surface area contributed by atoms with Gasteiger partial charge in [0.25, 0.3) is 5.92 Å². The smallest absolute Gasteiger partial charge is 0.272 e. The van der Waals surface area contributed by atoms with Crippen molar-refractivity contribution in [3.63, 3.8) is 0 Å². The van der Waals surface area contributed by atoms with E-state index in [0.29, 0.717) is 24.8 Å². The molecule has 3 aromatic rings. The fourth-order valence-corrected chi connectivity index (χ4v) is 4.75. The molecule has 0 aliphatic carbocycles. The van der Waals surface area contributed by atoms with Gasteiger partial charge in [-0.2, -0.15) is 0 Å². The van der Waals surface area contributed by atoms with E-state index in [9.17, 15) is 8.78 Å². The summed E-state index contributed by atoms with van der Waals surface area (Å²) in [5.74, 6) is -0.685. The zero-order valence-corrected chi connectivity index (χ0v) is 20.1. The van der Waals surface area contributed by atoms with E-state index in [2.05, 4.69) is 67.1 Å². The molecule has 34 heavy (non-hydrogen) atoms. The third kappa shape index (κ3) is 4.25. The molecule has 0 radical (unpaired) electrons. The van der Waals surface area contributed by atoms with Crippen LogP contribution in [0.25, 0.3) is 0 Å². The Morgan fingerprint density at radius 1 is 0.824 bits per heavy atom. The largest absolute Gasteiger partial charge is 0.454 e. The first kappa shape index (κ1) is 22.7. The molecule has 0 unspecified atom stereocenters. The van der Waals surface area contributed by atoms with Gasteiger partial charge >= 0.3 is 0 Å². The number of aromatic nitrogens is 2. The lowest BCUT2D eigenvalue weighted by Gasteiger charge is -2.58. The van der Waals surface area contributed by atoms with Crippen molar-refractivity contribution < 1.29 is 13.5 Å². The van der Waals surface area contributed by atoms with Crippen LogP contribution in [0, 0.1) is 6.92 Å². The van der Waals surface area contributed by atoms with E-state index in [-0.39, 0.29) is 24.0 Å². The highest BCUT2D eigenvalue weighted by Gasteiger charge is 2.55. The highest BCUT2D eigenvalue weighted by atomic mass is 19.3. The first-order valence-corrected chi connectivity index (χ1v) is 11.6. The molecule has 2 saturated heterocycles. The van der Waals surface area contributed by atoms with Crippen LogP contribution in [-0.2, 0) is 5.41 Å². The molecule has 0 bridgehead atoms. The van der Waals surface area contributed by atoms with Crippen molar-refractivity contribution in [2.75, 3.05) is 31.1 Å². The van der Waals surface area contributed by atoms with Gasteiger partial charge in [-0.15, -0.1) is 0 Å². The maximum atomic E-state index is 13.2. The average molecular weight is 465 g/mol. The number of nitrogens with zero attached hydrogens (tertiary/aromatic N) is 4. The lowest BCUT2D eigenvalue weighted by atomic mass is 9.78. The van der Waals surface area contributed by atoms with Crippen LogP contribution in [0.2, 0.25) is 0 Å². The van der Waals surface area contributed by atoms with Crippen LogP contribution in [0.3, 0.4) is 0 Å². The van der Waals surface area contributed by atoms with Gasteiger partial charge in [-0.05, 0) is 37.1 Å². The van der Waals surface area contributed by atoms with Crippen molar-refractivity contribution >= 4 is 5.95 Å². The van der Waals surface area contributed by atoms with Crippen LogP contribution in [0.5, 0.6) is 11.5 Å². The summed E-state index contributed by atoms with van der Waals surface area (Å²) in [5, 5.41) is 0. The molecule has 2 fully saturated rings. The van der Waals surface area contributed by atoms with Crippen molar-refractivity contribution in [3.8, 4) is 11.5 Å². The Kier molecular flexibility index (Phi) is 5.35. The van der Waals surface area contributed by atoms with Crippen molar-refractivity contribution in [3.05, 3.63) is 77.6 Å². The van der Waals surface area contributed by atoms with Crippen molar-refractivity contribution in [2.24, 2.45) is 0 Å². The van der Waals surface area contributed by atoms with Gasteiger partial charge in [0.15, 0.2) is 5.75 Å². The van der Waals surface area contributed by atoms with Gasteiger partial charge in [-0.25, -0.2) is 18.7 Å².